The summed E-state index contributed by atoms with van der Waals surface area (Å²) in [4.78, 5) is 22.4. The van der Waals surface area contributed by atoms with Crippen molar-refractivity contribution < 1.29 is 14.3 Å². The molecule has 0 bridgehead atoms. The van der Waals surface area contributed by atoms with E-state index in [2.05, 4.69) is 5.32 Å². The summed E-state index contributed by atoms with van der Waals surface area (Å²) < 4.78 is 4.96. The maximum Gasteiger partial charge on any atom is 0.231 e. The maximum absolute atomic E-state index is 11.5. The van der Waals surface area contributed by atoms with Crippen LogP contribution in [0, 0.1) is 5.41 Å². The Hall–Kier alpha value is -0.900. The zero-order valence-electron chi connectivity index (χ0n) is 8.22. The number of ether oxygens (including phenoxy) is 1. The van der Waals surface area contributed by atoms with E-state index in [4.69, 9.17) is 4.74 Å². The lowest BCUT2D eigenvalue weighted by Gasteiger charge is -2.36. The molecule has 0 aliphatic carbocycles. The summed E-state index contributed by atoms with van der Waals surface area (Å²) in [6.45, 7) is 5.87. The van der Waals surface area contributed by atoms with Gasteiger partial charge in [0.15, 0.2) is 5.78 Å². The monoisotopic (exact) mass is 185 g/mol. The molecule has 0 saturated carbocycles. The molecule has 1 amide bonds. The summed E-state index contributed by atoms with van der Waals surface area (Å²) in [6, 6.07) is -0.398. The molecule has 0 aromatic heterocycles. The minimum atomic E-state index is -0.427. The van der Waals surface area contributed by atoms with E-state index in [1.54, 1.807) is 6.92 Å². The first kappa shape index (κ1) is 10.2. The highest BCUT2D eigenvalue weighted by molar-refractivity contribution is 5.90. The Balaban J connectivity index is 2.45. The van der Waals surface area contributed by atoms with Gasteiger partial charge in [0.2, 0.25) is 5.91 Å². The van der Waals surface area contributed by atoms with Gasteiger partial charge in [-0.25, -0.2) is 0 Å². The average Bonchev–Trinajstić information content (AvgIpc) is 1.99. The smallest absolute Gasteiger partial charge is 0.231 e. The van der Waals surface area contributed by atoms with Crippen LogP contribution in [-0.2, 0) is 14.3 Å². The standard InChI is InChI=1S/C9H15NO3/c1-6(7(2)11)10-8(12)9(3)4-13-5-9/h6H,4-5H2,1-3H3,(H,10,12)/t6-/m0/s1. The predicted octanol–water partition coefficient (Wildman–Crippen LogP) is 0.117. The third-order valence-corrected chi connectivity index (χ3v) is 2.35. The minimum Gasteiger partial charge on any atom is -0.379 e. The summed E-state index contributed by atoms with van der Waals surface area (Å²) in [7, 11) is 0. The molecular weight excluding hydrogens is 170 g/mol. The number of amides is 1. The third kappa shape index (κ3) is 2.06. The highest BCUT2D eigenvalue weighted by Crippen LogP contribution is 2.26. The van der Waals surface area contributed by atoms with Crippen molar-refractivity contribution in [2.45, 2.75) is 26.8 Å². The zero-order chi connectivity index (χ0) is 10.1. The van der Waals surface area contributed by atoms with Crippen molar-refractivity contribution in [2.75, 3.05) is 13.2 Å². The van der Waals surface area contributed by atoms with E-state index in [1.807, 2.05) is 6.92 Å². The summed E-state index contributed by atoms with van der Waals surface area (Å²) in [5.41, 5.74) is -0.427. The molecule has 1 rings (SSSR count). The van der Waals surface area contributed by atoms with Gasteiger partial charge in [-0.2, -0.15) is 0 Å². The second-order valence-electron chi connectivity index (χ2n) is 3.86. The van der Waals surface area contributed by atoms with Crippen LogP contribution in [0.1, 0.15) is 20.8 Å². The third-order valence-electron chi connectivity index (χ3n) is 2.35. The van der Waals surface area contributed by atoms with Crippen molar-refractivity contribution in [1.82, 2.24) is 5.32 Å². The van der Waals surface area contributed by atoms with Crippen molar-refractivity contribution in [1.29, 1.82) is 0 Å². The molecule has 0 aromatic rings. The summed E-state index contributed by atoms with van der Waals surface area (Å²) in [5.74, 6) is -0.126. The van der Waals surface area contributed by atoms with Gasteiger partial charge in [-0.15, -0.1) is 0 Å². The molecule has 1 atom stereocenters. The van der Waals surface area contributed by atoms with Gasteiger partial charge in [0.25, 0.3) is 0 Å². The molecule has 4 nitrogen and oxygen atoms in total. The van der Waals surface area contributed by atoms with Crippen molar-refractivity contribution in [2.24, 2.45) is 5.41 Å². The van der Waals surface area contributed by atoms with Gasteiger partial charge in [0, 0.05) is 0 Å². The number of rotatable bonds is 3. The van der Waals surface area contributed by atoms with E-state index >= 15 is 0 Å². The molecule has 1 heterocycles. The first-order chi connectivity index (χ1) is 5.96. The number of ketones is 1. The Labute approximate surface area is 77.6 Å². The van der Waals surface area contributed by atoms with Crippen LogP contribution in [-0.4, -0.2) is 30.9 Å². The quantitative estimate of drug-likeness (QED) is 0.679. The molecule has 1 fully saturated rings. The van der Waals surface area contributed by atoms with Gasteiger partial charge in [0.1, 0.15) is 0 Å². The largest absolute Gasteiger partial charge is 0.379 e. The number of nitrogens with one attached hydrogen (secondary N) is 1. The molecule has 0 unspecified atom stereocenters. The molecule has 74 valence electrons. The van der Waals surface area contributed by atoms with Crippen LogP contribution in [0.3, 0.4) is 0 Å². The lowest BCUT2D eigenvalue weighted by atomic mass is 9.87. The normalized spacial score (nSPS) is 21.5. The van der Waals surface area contributed by atoms with Crippen LogP contribution in [0.15, 0.2) is 0 Å². The second kappa shape index (κ2) is 3.46. The fourth-order valence-corrected chi connectivity index (χ4v) is 1.01. The van der Waals surface area contributed by atoms with Crippen molar-refractivity contribution >= 4 is 11.7 Å². The van der Waals surface area contributed by atoms with Crippen LogP contribution in [0.5, 0.6) is 0 Å². The molecular formula is C9H15NO3. The zero-order valence-corrected chi connectivity index (χ0v) is 8.22. The molecule has 1 saturated heterocycles. The van der Waals surface area contributed by atoms with E-state index in [-0.39, 0.29) is 11.7 Å². The number of carbonyl (C=O) groups is 2. The number of carbonyl (C=O) groups excluding carboxylic acids is 2. The van der Waals surface area contributed by atoms with Gasteiger partial charge in [-0.05, 0) is 20.8 Å². The highest BCUT2D eigenvalue weighted by Gasteiger charge is 2.41. The Bertz CT molecular complexity index is 233. The van der Waals surface area contributed by atoms with Gasteiger partial charge < -0.3 is 10.1 Å². The van der Waals surface area contributed by atoms with E-state index in [1.165, 1.54) is 6.92 Å². The van der Waals surface area contributed by atoms with Crippen LogP contribution < -0.4 is 5.32 Å². The summed E-state index contributed by atoms with van der Waals surface area (Å²) in [5, 5.41) is 2.65. The Morgan fingerprint density at radius 1 is 1.46 bits per heavy atom. The maximum atomic E-state index is 11.5. The Morgan fingerprint density at radius 2 is 2.00 bits per heavy atom. The molecule has 1 aliphatic rings. The van der Waals surface area contributed by atoms with Gasteiger partial charge in [-0.3, -0.25) is 9.59 Å². The fourth-order valence-electron chi connectivity index (χ4n) is 1.01. The summed E-state index contributed by atoms with van der Waals surface area (Å²) >= 11 is 0. The topological polar surface area (TPSA) is 55.4 Å². The average molecular weight is 185 g/mol. The molecule has 0 radical (unpaired) electrons. The lowest BCUT2D eigenvalue weighted by molar-refractivity contribution is -0.158. The molecule has 1 aliphatic heterocycles. The first-order valence-corrected chi connectivity index (χ1v) is 4.35. The van der Waals surface area contributed by atoms with Gasteiger partial charge in [-0.1, -0.05) is 0 Å². The highest BCUT2D eigenvalue weighted by atomic mass is 16.5. The van der Waals surface area contributed by atoms with Crippen LogP contribution in [0.4, 0.5) is 0 Å². The van der Waals surface area contributed by atoms with E-state index in [9.17, 15) is 9.59 Å². The van der Waals surface area contributed by atoms with Crippen molar-refractivity contribution in [3.05, 3.63) is 0 Å². The SMILES string of the molecule is CC(=O)[C@H](C)NC(=O)C1(C)COC1. The molecule has 0 aromatic carbocycles. The number of Topliss-reactive ketones (excluding diaryl/α,β-unsaturated/α-hetero) is 1. The molecule has 0 spiro atoms. The predicted molar refractivity (Wildman–Crippen MR) is 47.2 cm³/mol. The molecule has 4 heteroatoms. The van der Waals surface area contributed by atoms with Crippen LogP contribution in [0.2, 0.25) is 0 Å². The summed E-state index contributed by atoms with van der Waals surface area (Å²) in [6.07, 6.45) is 0. The fraction of sp³-hybridized carbons (Fsp3) is 0.778. The van der Waals surface area contributed by atoms with Crippen LogP contribution in [0.25, 0.3) is 0 Å². The number of hydrogen-bond acceptors (Lipinski definition) is 3. The van der Waals surface area contributed by atoms with E-state index < -0.39 is 11.5 Å². The van der Waals surface area contributed by atoms with Gasteiger partial charge in [0.05, 0.1) is 24.7 Å². The first-order valence-electron chi connectivity index (χ1n) is 4.35. The lowest BCUT2D eigenvalue weighted by Crippen LogP contribution is -2.54. The van der Waals surface area contributed by atoms with Crippen LogP contribution >= 0.6 is 0 Å². The molecule has 1 N–H and O–H groups in total. The van der Waals surface area contributed by atoms with E-state index in [0.29, 0.717) is 13.2 Å². The molecule has 13 heavy (non-hydrogen) atoms. The second-order valence-corrected chi connectivity index (χ2v) is 3.86. The Kier molecular flexibility index (Phi) is 2.71. The van der Waals surface area contributed by atoms with Crippen molar-refractivity contribution in [3.8, 4) is 0 Å². The Morgan fingerprint density at radius 3 is 2.31 bits per heavy atom. The van der Waals surface area contributed by atoms with Gasteiger partial charge >= 0.3 is 0 Å². The number of hydrogen-bond donors (Lipinski definition) is 1. The van der Waals surface area contributed by atoms with Crippen molar-refractivity contribution in [3.63, 3.8) is 0 Å². The minimum absolute atomic E-state index is 0.0304. The van der Waals surface area contributed by atoms with E-state index in [0.717, 1.165) is 0 Å².